The minimum absolute atomic E-state index is 1.24. The number of rotatable bonds is 0. The van der Waals surface area contributed by atoms with Crippen LogP contribution < -0.4 is 0 Å². The van der Waals surface area contributed by atoms with Gasteiger partial charge in [0.15, 0.2) is 0 Å². The van der Waals surface area contributed by atoms with E-state index in [-0.39, 0.29) is 0 Å². The molecule has 0 N–H and O–H groups in total. The Bertz CT molecular complexity index is 373. The third-order valence-electron chi connectivity index (χ3n) is 3.15. The third kappa shape index (κ3) is 13.7. The van der Waals surface area contributed by atoms with E-state index in [4.69, 9.17) is 0 Å². The number of benzene rings is 1. The van der Waals surface area contributed by atoms with Crippen LogP contribution in [0.2, 0.25) is 0 Å². The SMILES string of the molecule is CC.CC.CC.CC1=C(C)CCC=C1.Cc1ccccc1C. The van der Waals surface area contributed by atoms with Crippen molar-refractivity contribution in [2.24, 2.45) is 0 Å². The molecule has 0 saturated carbocycles. The van der Waals surface area contributed by atoms with Gasteiger partial charge in [0.2, 0.25) is 0 Å². The average Bonchev–Trinajstić information content (AvgIpc) is 2.59. The van der Waals surface area contributed by atoms with Crippen molar-refractivity contribution in [2.75, 3.05) is 0 Å². The van der Waals surface area contributed by atoms with E-state index >= 15 is 0 Å². The summed E-state index contributed by atoms with van der Waals surface area (Å²) in [5.74, 6) is 0. The molecule has 1 aromatic carbocycles. The van der Waals surface area contributed by atoms with Crippen molar-refractivity contribution in [2.45, 2.75) is 82.1 Å². The van der Waals surface area contributed by atoms with Gasteiger partial charge >= 0.3 is 0 Å². The van der Waals surface area contributed by atoms with E-state index in [0.29, 0.717) is 0 Å². The molecule has 0 aliphatic heterocycles. The summed E-state index contributed by atoms with van der Waals surface area (Å²) in [5.41, 5.74) is 5.74. The fourth-order valence-corrected chi connectivity index (χ4v) is 1.56. The lowest BCUT2D eigenvalue weighted by molar-refractivity contribution is 0.939. The van der Waals surface area contributed by atoms with Gasteiger partial charge in [-0.15, -0.1) is 0 Å². The zero-order chi connectivity index (χ0) is 18.0. The Labute approximate surface area is 141 Å². The topological polar surface area (TPSA) is 0 Å². The first kappa shape index (κ1) is 25.6. The summed E-state index contributed by atoms with van der Waals surface area (Å²) in [7, 11) is 0. The van der Waals surface area contributed by atoms with E-state index in [9.17, 15) is 0 Å². The predicted molar refractivity (Wildman–Crippen MR) is 107 cm³/mol. The average molecular weight is 305 g/mol. The van der Waals surface area contributed by atoms with Gasteiger partial charge in [-0.3, -0.25) is 0 Å². The minimum Gasteiger partial charge on any atom is -0.0840 e. The Kier molecular flexibility index (Phi) is 23.0. The van der Waals surface area contributed by atoms with Gasteiger partial charge in [-0.2, -0.15) is 0 Å². The first-order valence-electron chi connectivity index (χ1n) is 8.96. The van der Waals surface area contributed by atoms with Crippen LogP contribution in [0, 0.1) is 13.8 Å². The van der Waals surface area contributed by atoms with Gasteiger partial charge in [0.05, 0.1) is 0 Å². The molecule has 0 fully saturated rings. The molecule has 128 valence electrons. The highest BCUT2D eigenvalue weighted by atomic mass is 14.0. The van der Waals surface area contributed by atoms with Crippen molar-refractivity contribution in [3.05, 3.63) is 58.7 Å². The number of aryl methyl sites for hydroxylation is 2. The molecule has 0 atom stereocenters. The van der Waals surface area contributed by atoms with E-state index in [0.717, 1.165) is 0 Å². The number of hydrogen-bond acceptors (Lipinski definition) is 0. The van der Waals surface area contributed by atoms with E-state index < -0.39 is 0 Å². The molecule has 0 radical (unpaired) electrons. The summed E-state index contributed by atoms with van der Waals surface area (Å²) < 4.78 is 0. The Hall–Kier alpha value is -1.30. The van der Waals surface area contributed by atoms with Crippen molar-refractivity contribution in [3.63, 3.8) is 0 Å². The smallest absolute Gasteiger partial charge is 0.0282 e. The lowest BCUT2D eigenvalue weighted by atomic mass is 10.0. The summed E-state index contributed by atoms with van der Waals surface area (Å²) >= 11 is 0. The maximum atomic E-state index is 2.24. The molecule has 0 saturated heterocycles. The molecule has 2 rings (SSSR count). The maximum Gasteiger partial charge on any atom is -0.0282 e. The molecule has 0 spiro atoms. The molecule has 0 bridgehead atoms. The van der Waals surface area contributed by atoms with E-state index in [1.54, 1.807) is 5.57 Å². The molecule has 0 unspecified atom stereocenters. The standard InChI is InChI=1S/C8H12.C8H10.3C2H6/c2*1-7-5-3-4-6-8(7)2;3*1-2/h3,5H,4,6H2,1-2H3;3-6H,1-2H3;3*1-2H3. The monoisotopic (exact) mass is 304 g/mol. The Morgan fingerprint density at radius 1 is 0.682 bits per heavy atom. The highest BCUT2D eigenvalue weighted by Gasteiger charge is 1.96. The van der Waals surface area contributed by atoms with Crippen molar-refractivity contribution in [3.8, 4) is 0 Å². The zero-order valence-corrected chi connectivity index (χ0v) is 16.9. The quantitative estimate of drug-likeness (QED) is 0.454. The molecular weight excluding hydrogens is 264 g/mol. The van der Waals surface area contributed by atoms with Gasteiger partial charge in [0.25, 0.3) is 0 Å². The highest BCUT2D eigenvalue weighted by Crippen LogP contribution is 2.16. The normalized spacial score (nSPS) is 11.4. The maximum absolute atomic E-state index is 2.24. The van der Waals surface area contributed by atoms with E-state index in [1.165, 1.54) is 29.5 Å². The van der Waals surface area contributed by atoms with Gasteiger partial charge in [-0.25, -0.2) is 0 Å². The molecule has 0 heteroatoms. The Balaban J connectivity index is -0.000000246. The summed E-state index contributed by atoms with van der Waals surface area (Å²) in [6.07, 6.45) is 6.95. The van der Waals surface area contributed by atoms with Crippen LogP contribution in [0.25, 0.3) is 0 Å². The van der Waals surface area contributed by atoms with Crippen LogP contribution in [-0.2, 0) is 0 Å². The minimum atomic E-state index is 1.24. The second kappa shape index (κ2) is 19.7. The molecule has 0 heterocycles. The van der Waals surface area contributed by atoms with Gasteiger partial charge < -0.3 is 0 Å². The Morgan fingerprint density at radius 3 is 1.32 bits per heavy atom. The molecule has 22 heavy (non-hydrogen) atoms. The van der Waals surface area contributed by atoms with Crippen LogP contribution in [0.3, 0.4) is 0 Å². The fourth-order valence-electron chi connectivity index (χ4n) is 1.56. The van der Waals surface area contributed by atoms with Gasteiger partial charge in [0.1, 0.15) is 0 Å². The Morgan fingerprint density at radius 2 is 1.09 bits per heavy atom. The third-order valence-corrected chi connectivity index (χ3v) is 3.15. The number of allylic oxidation sites excluding steroid dienone is 4. The second-order valence-electron chi connectivity index (χ2n) is 4.49. The van der Waals surface area contributed by atoms with Crippen LogP contribution >= 0.6 is 0 Å². The summed E-state index contributed by atoms with van der Waals surface area (Å²) in [6.45, 7) is 20.6. The van der Waals surface area contributed by atoms with Crippen LogP contribution in [0.4, 0.5) is 0 Å². The molecular formula is C22H40. The molecule has 1 aliphatic rings. The predicted octanol–water partition coefficient (Wildman–Crippen LogP) is 8.05. The first-order valence-corrected chi connectivity index (χ1v) is 8.96. The number of hydrogen-bond donors (Lipinski definition) is 0. The first-order chi connectivity index (χ1) is 10.6. The lowest BCUT2D eigenvalue weighted by Gasteiger charge is -2.06. The molecule has 1 aromatic rings. The molecule has 1 aliphatic carbocycles. The summed E-state index contributed by atoms with van der Waals surface area (Å²) in [4.78, 5) is 0. The van der Waals surface area contributed by atoms with Crippen LogP contribution in [-0.4, -0.2) is 0 Å². The lowest BCUT2D eigenvalue weighted by Crippen LogP contribution is -1.85. The van der Waals surface area contributed by atoms with Crippen LogP contribution in [0.1, 0.15) is 79.4 Å². The van der Waals surface area contributed by atoms with Crippen molar-refractivity contribution >= 4 is 0 Å². The fraction of sp³-hybridized carbons (Fsp3) is 0.545. The van der Waals surface area contributed by atoms with Crippen molar-refractivity contribution < 1.29 is 0 Å². The molecule has 0 amide bonds. The van der Waals surface area contributed by atoms with Gasteiger partial charge in [-0.1, -0.05) is 89.1 Å². The molecule has 0 aromatic heterocycles. The van der Waals surface area contributed by atoms with Crippen LogP contribution in [0.5, 0.6) is 0 Å². The van der Waals surface area contributed by atoms with E-state index in [1.807, 2.05) is 41.5 Å². The van der Waals surface area contributed by atoms with E-state index in [2.05, 4.69) is 64.1 Å². The summed E-state index contributed by atoms with van der Waals surface area (Å²) in [6, 6.07) is 8.36. The van der Waals surface area contributed by atoms with Crippen molar-refractivity contribution in [1.82, 2.24) is 0 Å². The van der Waals surface area contributed by atoms with Gasteiger partial charge in [0, 0.05) is 0 Å². The largest absolute Gasteiger partial charge is 0.0840 e. The van der Waals surface area contributed by atoms with Gasteiger partial charge in [-0.05, 0) is 51.7 Å². The molecule has 0 nitrogen and oxygen atoms in total. The summed E-state index contributed by atoms with van der Waals surface area (Å²) in [5, 5.41) is 0. The second-order valence-corrected chi connectivity index (χ2v) is 4.49. The zero-order valence-electron chi connectivity index (χ0n) is 16.9. The van der Waals surface area contributed by atoms with Crippen LogP contribution in [0.15, 0.2) is 47.6 Å². The highest BCUT2D eigenvalue weighted by molar-refractivity contribution is 5.25. The van der Waals surface area contributed by atoms with Crippen molar-refractivity contribution in [1.29, 1.82) is 0 Å².